The molecular formula is C19H24N2O4S. The van der Waals surface area contributed by atoms with Crippen molar-refractivity contribution >= 4 is 16.1 Å². The van der Waals surface area contributed by atoms with Gasteiger partial charge in [-0.15, -0.1) is 0 Å². The number of hydrogen-bond acceptors (Lipinski definition) is 4. The second kappa shape index (κ2) is 5.82. The van der Waals surface area contributed by atoms with E-state index in [0.29, 0.717) is 31.1 Å². The summed E-state index contributed by atoms with van der Waals surface area (Å²) < 4.78 is 32.8. The number of hydrogen-bond donors (Lipinski definition) is 0. The van der Waals surface area contributed by atoms with Crippen LogP contribution < -0.4 is 0 Å². The third-order valence-electron chi connectivity index (χ3n) is 5.75. The average molecular weight is 376 g/mol. The zero-order valence-electron chi connectivity index (χ0n) is 15.4. The van der Waals surface area contributed by atoms with Crippen LogP contribution in [0.1, 0.15) is 25.8 Å². The van der Waals surface area contributed by atoms with E-state index in [1.165, 1.54) is 0 Å². The van der Waals surface area contributed by atoms with E-state index >= 15 is 0 Å². The van der Waals surface area contributed by atoms with E-state index in [9.17, 15) is 13.2 Å². The molecule has 7 heteroatoms. The maximum Gasteiger partial charge on any atom is 0.414 e. The largest absolute Gasteiger partial charge is 0.447 e. The molecule has 1 aromatic rings. The third-order valence-corrected chi connectivity index (χ3v) is 7.58. The van der Waals surface area contributed by atoms with Crippen molar-refractivity contribution in [2.75, 3.05) is 26.2 Å². The van der Waals surface area contributed by atoms with Gasteiger partial charge in [0.05, 0.1) is 11.4 Å². The second-order valence-corrected chi connectivity index (χ2v) is 9.72. The van der Waals surface area contributed by atoms with Gasteiger partial charge in [0.25, 0.3) is 0 Å². The highest BCUT2D eigenvalue weighted by Crippen LogP contribution is 2.64. The van der Waals surface area contributed by atoms with E-state index in [0.717, 1.165) is 23.3 Å². The summed E-state index contributed by atoms with van der Waals surface area (Å²) in [5, 5.41) is 0. The maximum absolute atomic E-state index is 13.0. The van der Waals surface area contributed by atoms with Crippen LogP contribution in [0.4, 0.5) is 4.79 Å². The fraction of sp³-hybridized carbons (Fsp3) is 0.526. The lowest BCUT2D eigenvalue weighted by Crippen LogP contribution is -2.36. The SMILES string of the molecule is CC(C)=C(N1CCOC1=O)C12CC1CN(S(=O)(=O)c1ccc(C)cc1)C2. The molecular weight excluding hydrogens is 352 g/mol. The van der Waals surface area contributed by atoms with Crippen molar-refractivity contribution in [2.45, 2.75) is 32.1 Å². The van der Waals surface area contributed by atoms with E-state index in [1.54, 1.807) is 21.3 Å². The Morgan fingerprint density at radius 1 is 1.23 bits per heavy atom. The first-order valence-corrected chi connectivity index (χ1v) is 10.4. The van der Waals surface area contributed by atoms with Crippen molar-refractivity contribution in [3.8, 4) is 0 Å². The smallest absolute Gasteiger partial charge is 0.414 e. The van der Waals surface area contributed by atoms with Gasteiger partial charge in [0.15, 0.2) is 0 Å². The molecule has 0 spiro atoms. The molecule has 3 fully saturated rings. The van der Waals surface area contributed by atoms with Gasteiger partial charge in [0.1, 0.15) is 6.61 Å². The molecule has 0 aromatic heterocycles. The summed E-state index contributed by atoms with van der Waals surface area (Å²) in [6.07, 6.45) is 0.609. The lowest BCUT2D eigenvalue weighted by molar-refractivity contribution is 0.161. The van der Waals surface area contributed by atoms with Crippen LogP contribution in [0.2, 0.25) is 0 Å². The molecule has 0 bridgehead atoms. The van der Waals surface area contributed by atoms with Crippen LogP contribution in [-0.4, -0.2) is 50.0 Å². The van der Waals surface area contributed by atoms with Crippen LogP contribution in [0.3, 0.4) is 0 Å². The first kappa shape index (κ1) is 17.5. The minimum Gasteiger partial charge on any atom is -0.447 e. The molecule has 0 N–H and O–H groups in total. The van der Waals surface area contributed by atoms with Crippen LogP contribution in [0.5, 0.6) is 0 Å². The van der Waals surface area contributed by atoms with Crippen LogP contribution in [-0.2, 0) is 14.8 Å². The summed E-state index contributed by atoms with van der Waals surface area (Å²) >= 11 is 0. The first-order chi connectivity index (χ1) is 12.3. The fourth-order valence-corrected chi connectivity index (χ4v) is 6.03. The van der Waals surface area contributed by atoms with Gasteiger partial charge in [-0.3, -0.25) is 4.90 Å². The normalized spacial score (nSPS) is 28.0. The number of aryl methyl sites for hydroxylation is 1. The summed E-state index contributed by atoms with van der Waals surface area (Å²) in [4.78, 5) is 14.1. The van der Waals surface area contributed by atoms with Crippen LogP contribution >= 0.6 is 0 Å². The van der Waals surface area contributed by atoms with Gasteiger partial charge in [0, 0.05) is 24.2 Å². The summed E-state index contributed by atoms with van der Waals surface area (Å²) in [6.45, 7) is 7.78. The molecule has 1 amide bonds. The predicted molar refractivity (Wildman–Crippen MR) is 96.9 cm³/mol. The lowest BCUT2D eigenvalue weighted by atomic mass is 9.96. The Labute approximate surface area is 154 Å². The average Bonchev–Trinajstić information content (AvgIpc) is 2.89. The Balaban J connectivity index is 1.63. The Hall–Kier alpha value is -1.86. The Morgan fingerprint density at radius 2 is 1.92 bits per heavy atom. The Bertz CT molecular complexity index is 887. The predicted octanol–water partition coefficient (Wildman–Crippen LogP) is 2.75. The van der Waals surface area contributed by atoms with Crippen molar-refractivity contribution in [3.63, 3.8) is 0 Å². The Kier molecular flexibility index (Phi) is 3.93. The molecule has 2 unspecified atom stereocenters. The quantitative estimate of drug-likeness (QED) is 0.810. The number of fused-ring (bicyclic) bond motifs is 1. The number of carbonyl (C=O) groups is 1. The summed E-state index contributed by atoms with van der Waals surface area (Å²) in [6, 6.07) is 6.98. The van der Waals surface area contributed by atoms with Crippen molar-refractivity contribution in [1.82, 2.24) is 9.21 Å². The van der Waals surface area contributed by atoms with Gasteiger partial charge in [-0.05, 0) is 45.2 Å². The van der Waals surface area contributed by atoms with E-state index in [2.05, 4.69) is 0 Å². The van der Waals surface area contributed by atoms with E-state index in [1.807, 2.05) is 32.9 Å². The highest BCUT2D eigenvalue weighted by atomic mass is 32.2. The van der Waals surface area contributed by atoms with Gasteiger partial charge >= 0.3 is 6.09 Å². The van der Waals surface area contributed by atoms with E-state index < -0.39 is 10.0 Å². The number of sulfonamides is 1. The molecule has 0 radical (unpaired) electrons. The number of cyclic esters (lactones) is 1. The van der Waals surface area contributed by atoms with Crippen LogP contribution in [0.25, 0.3) is 0 Å². The number of benzene rings is 1. The summed E-state index contributed by atoms with van der Waals surface area (Å²) in [5.41, 5.74) is 2.80. The van der Waals surface area contributed by atoms with Gasteiger partial charge in [-0.25, -0.2) is 13.2 Å². The fourth-order valence-electron chi connectivity index (χ4n) is 4.48. The van der Waals surface area contributed by atoms with Crippen molar-refractivity contribution < 1.29 is 17.9 Å². The van der Waals surface area contributed by atoms with Crippen molar-refractivity contribution in [3.05, 3.63) is 41.1 Å². The number of nitrogens with zero attached hydrogens (tertiary/aromatic N) is 2. The van der Waals surface area contributed by atoms with E-state index in [-0.39, 0.29) is 17.4 Å². The minimum atomic E-state index is -3.52. The summed E-state index contributed by atoms with van der Waals surface area (Å²) in [7, 11) is -3.52. The molecule has 3 aliphatic rings. The molecule has 6 nitrogen and oxygen atoms in total. The molecule has 2 aliphatic heterocycles. The van der Waals surface area contributed by atoms with Gasteiger partial charge in [-0.2, -0.15) is 4.31 Å². The van der Waals surface area contributed by atoms with Gasteiger partial charge in [0.2, 0.25) is 10.0 Å². The molecule has 1 aliphatic carbocycles. The van der Waals surface area contributed by atoms with Crippen LogP contribution in [0, 0.1) is 18.3 Å². The zero-order valence-corrected chi connectivity index (χ0v) is 16.2. The molecule has 1 saturated carbocycles. The van der Waals surface area contributed by atoms with E-state index in [4.69, 9.17) is 4.74 Å². The highest BCUT2D eigenvalue weighted by Gasteiger charge is 2.65. The standard InChI is InChI=1S/C19H24N2O4S/c1-13(2)17(21-8-9-25-18(21)22)19-10-15(19)11-20(12-19)26(23,24)16-6-4-14(3)5-7-16/h4-7,15H,8-12H2,1-3H3. The monoisotopic (exact) mass is 376 g/mol. The molecule has 140 valence electrons. The molecule has 1 aromatic carbocycles. The van der Waals surface area contributed by atoms with Gasteiger partial charge < -0.3 is 4.74 Å². The number of piperidine rings is 1. The molecule has 2 heterocycles. The third kappa shape index (κ3) is 2.56. The molecule has 4 rings (SSSR count). The summed E-state index contributed by atoms with van der Waals surface area (Å²) in [5.74, 6) is 0.265. The highest BCUT2D eigenvalue weighted by molar-refractivity contribution is 7.89. The number of rotatable bonds is 4. The second-order valence-electron chi connectivity index (χ2n) is 7.78. The minimum absolute atomic E-state index is 0.250. The molecule has 26 heavy (non-hydrogen) atoms. The number of ether oxygens (including phenoxy) is 1. The lowest BCUT2D eigenvalue weighted by Gasteiger charge is -2.28. The Morgan fingerprint density at radius 3 is 2.50 bits per heavy atom. The van der Waals surface area contributed by atoms with Crippen molar-refractivity contribution in [1.29, 1.82) is 0 Å². The number of amides is 1. The number of allylic oxidation sites excluding steroid dienone is 1. The maximum atomic E-state index is 13.0. The zero-order chi connectivity index (χ0) is 18.7. The van der Waals surface area contributed by atoms with Gasteiger partial charge in [-0.1, -0.05) is 23.3 Å². The molecule has 2 saturated heterocycles. The van der Waals surface area contributed by atoms with Crippen LogP contribution in [0.15, 0.2) is 40.4 Å². The topological polar surface area (TPSA) is 66.9 Å². The first-order valence-electron chi connectivity index (χ1n) is 8.95. The van der Waals surface area contributed by atoms with Crippen molar-refractivity contribution in [2.24, 2.45) is 11.3 Å². The number of carbonyl (C=O) groups excluding carboxylic acids is 1. The molecule has 2 atom stereocenters.